The van der Waals surface area contributed by atoms with Gasteiger partial charge in [-0.15, -0.1) is 24.0 Å². The summed E-state index contributed by atoms with van der Waals surface area (Å²) in [5, 5.41) is 11.3. The van der Waals surface area contributed by atoms with Gasteiger partial charge in [-0.1, -0.05) is 12.1 Å². The quantitative estimate of drug-likeness (QED) is 0.376. The molecule has 1 aromatic heterocycles. The number of nitrogens with one attached hydrogen (secondary N) is 2. The first kappa shape index (κ1) is 22.3. The van der Waals surface area contributed by atoms with Crippen LogP contribution in [0.25, 0.3) is 0 Å². The topological polar surface area (TPSA) is 72.7 Å². The number of hydrogen-bond acceptors (Lipinski definition) is 4. The average molecular weight is 499 g/mol. The van der Waals surface area contributed by atoms with Crippen LogP contribution in [0.3, 0.4) is 0 Å². The maximum absolute atomic E-state index is 5.98. The van der Waals surface area contributed by atoms with Crippen LogP contribution in [-0.4, -0.2) is 48.1 Å². The van der Waals surface area contributed by atoms with Crippen molar-refractivity contribution in [3.8, 4) is 11.5 Å². The number of guanidine groups is 1. The van der Waals surface area contributed by atoms with Gasteiger partial charge >= 0.3 is 0 Å². The van der Waals surface area contributed by atoms with Crippen molar-refractivity contribution in [2.24, 2.45) is 12.0 Å². The zero-order valence-electron chi connectivity index (χ0n) is 17.2. The standard InChI is InChI=1S/C20H29N5O2.HI/c1-13(10-17-14(2)24-25(5)15(17)3)23-20(21-4)22-11-16-12-26-18-8-6-7-9-19(18)27-16;/h6-9,13,16H,10-12H2,1-5H3,(H2,21,22,23);1H. The zero-order chi connectivity index (χ0) is 19.4. The normalized spacial score (nSPS) is 16.9. The fourth-order valence-corrected chi connectivity index (χ4v) is 3.27. The van der Waals surface area contributed by atoms with Crippen LogP contribution >= 0.6 is 24.0 Å². The van der Waals surface area contributed by atoms with Crippen molar-refractivity contribution in [3.63, 3.8) is 0 Å². The lowest BCUT2D eigenvalue weighted by Crippen LogP contribution is -2.48. The third-order valence-corrected chi connectivity index (χ3v) is 4.84. The Balaban J connectivity index is 0.00000280. The number of aryl methyl sites for hydroxylation is 2. The summed E-state index contributed by atoms with van der Waals surface area (Å²) in [4.78, 5) is 4.33. The van der Waals surface area contributed by atoms with E-state index in [1.807, 2.05) is 36.0 Å². The lowest BCUT2D eigenvalue weighted by atomic mass is 10.1. The Bertz CT molecular complexity index is 821. The molecule has 0 aliphatic carbocycles. The lowest BCUT2D eigenvalue weighted by molar-refractivity contribution is 0.0936. The number of aliphatic imine (C=N–C) groups is 1. The van der Waals surface area contributed by atoms with E-state index in [-0.39, 0.29) is 36.1 Å². The Morgan fingerprint density at radius 2 is 2.04 bits per heavy atom. The molecule has 2 heterocycles. The lowest BCUT2D eigenvalue weighted by Gasteiger charge is -2.27. The molecule has 8 heteroatoms. The second-order valence-electron chi connectivity index (χ2n) is 6.97. The van der Waals surface area contributed by atoms with Crippen molar-refractivity contribution >= 4 is 29.9 Å². The molecule has 3 rings (SSSR count). The number of hydrogen-bond donors (Lipinski definition) is 2. The molecule has 0 fully saturated rings. The first-order valence-electron chi connectivity index (χ1n) is 9.32. The van der Waals surface area contributed by atoms with Gasteiger partial charge in [-0.25, -0.2) is 0 Å². The summed E-state index contributed by atoms with van der Waals surface area (Å²) < 4.78 is 13.7. The third kappa shape index (κ3) is 5.30. The van der Waals surface area contributed by atoms with Gasteiger partial charge in [0, 0.05) is 25.8 Å². The van der Waals surface area contributed by atoms with Crippen LogP contribution in [0, 0.1) is 13.8 Å². The van der Waals surface area contributed by atoms with E-state index in [1.165, 1.54) is 11.3 Å². The Morgan fingerprint density at radius 3 is 2.68 bits per heavy atom. The second-order valence-corrected chi connectivity index (χ2v) is 6.97. The number of benzene rings is 1. The van der Waals surface area contributed by atoms with Crippen LogP contribution in [0.15, 0.2) is 29.3 Å². The number of fused-ring (bicyclic) bond motifs is 1. The summed E-state index contributed by atoms with van der Waals surface area (Å²) >= 11 is 0. The molecule has 0 bridgehead atoms. The van der Waals surface area contributed by atoms with Crippen molar-refractivity contribution in [2.75, 3.05) is 20.2 Å². The first-order chi connectivity index (χ1) is 13.0. The van der Waals surface area contributed by atoms with E-state index < -0.39 is 0 Å². The van der Waals surface area contributed by atoms with Gasteiger partial charge in [0.1, 0.15) is 12.7 Å². The van der Waals surface area contributed by atoms with E-state index in [1.54, 1.807) is 7.05 Å². The van der Waals surface area contributed by atoms with Gasteiger partial charge in [-0.05, 0) is 44.9 Å². The van der Waals surface area contributed by atoms with Crippen LogP contribution in [0.4, 0.5) is 0 Å². The summed E-state index contributed by atoms with van der Waals surface area (Å²) in [6.07, 6.45) is 0.833. The third-order valence-electron chi connectivity index (χ3n) is 4.84. The molecule has 1 aromatic carbocycles. The fraction of sp³-hybridized carbons (Fsp3) is 0.500. The molecule has 7 nitrogen and oxygen atoms in total. The largest absolute Gasteiger partial charge is 0.486 e. The number of nitrogens with zero attached hydrogens (tertiary/aromatic N) is 3. The monoisotopic (exact) mass is 499 g/mol. The second kappa shape index (κ2) is 9.99. The van der Waals surface area contributed by atoms with Crippen molar-refractivity contribution in [3.05, 3.63) is 41.2 Å². The van der Waals surface area contributed by atoms with Gasteiger partial charge in [0.15, 0.2) is 17.5 Å². The first-order valence-corrected chi connectivity index (χ1v) is 9.32. The molecule has 0 spiro atoms. The smallest absolute Gasteiger partial charge is 0.191 e. The zero-order valence-corrected chi connectivity index (χ0v) is 19.5. The van der Waals surface area contributed by atoms with Gasteiger partial charge in [-0.2, -0.15) is 5.10 Å². The van der Waals surface area contributed by atoms with Gasteiger partial charge in [-0.3, -0.25) is 9.67 Å². The van der Waals surface area contributed by atoms with Crippen LogP contribution in [0.2, 0.25) is 0 Å². The minimum absolute atomic E-state index is 0. The maximum Gasteiger partial charge on any atom is 0.191 e. The molecule has 0 saturated heterocycles. The Kier molecular flexibility index (Phi) is 7.97. The Morgan fingerprint density at radius 1 is 1.32 bits per heavy atom. The van der Waals surface area contributed by atoms with Crippen molar-refractivity contribution < 1.29 is 9.47 Å². The summed E-state index contributed by atoms with van der Waals surface area (Å²) in [5.74, 6) is 2.34. The van der Waals surface area contributed by atoms with Crippen molar-refractivity contribution in [1.29, 1.82) is 0 Å². The van der Waals surface area contributed by atoms with Gasteiger partial charge < -0.3 is 20.1 Å². The number of aromatic nitrogens is 2. The Labute approximate surface area is 183 Å². The molecule has 154 valence electrons. The van der Waals surface area contributed by atoms with E-state index in [9.17, 15) is 0 Å². The van der Waals surface area contributed by atoms with Gasteiger partial charge in [0.05, 0.1) is 12.2 Å². The molecule has 2 atom stereocenters. The summed E-state index contributed by atoms with van der Waals surface area (Å²) in [6, 6.07) is 7.96. The van der Waals surface area contributed by atoms with Crippen molar-refractivity contribution in [1.82, 2.24) is 20.4 Å². The fourth-order valence-electron chi connectivity index (χ4n) is 3.27. The van der Waals surface area contributed by atoms with Gasteiger partial charge in [0.25, 0.3) is 0 Å². The predicted octanol–water partition coefficient (Wildman–Crippen LogP) is 2.59. The number of para-hydroxylation sites is 2. The highest BCUT2D eigenvalue weighted by Crippen LogP contribution is 2.30. The SMILES string of the molecule is CN=C(NCC1COc2ccccc2O1)NC(C)Cc1c(C)nn(C)c1C.I. The van der Waals surface area contributed by atoms with Crippen LogP contribution in [-0.2, 0) is 13.5 Å². The van der Waals surface area contributed by atoms with Crippen LogP contribution < -0.4 is 20.1 Å². The molecular weight excluding hydrogens is 469 g/mol. The van der Waals surface area contributed by atoms with Gasteiger partial charge in [0.2, 0.25) is 0 Å². The minimum Gasteiger partial charge on any atom is -0.486 e. The highest BCUT2D eigenvalue weighted by Gasteiger charge is 2.21. The summed E-state index contributed by atoms with van der Waals surface area (Å²) in [6.45, 7) is 7.44. The van der Waals surface area contributed by atoms with Crippen LogP contribution in [0.5, 0.6) is 11.5 Å². The minimum atomic E-state index is -0.0587. The molecule has 1 aliphatic heterocycles. The summed E-state index contributed by atoms with van der Waals surface area (Å²) in [7, 11) is 3.75. The molecule has 2 aromatic rings. The van der Waals surface area contributed by atoms with E-state index in [4.69, 9.17) is 9.47 Å². The van der Waals surface area contributed by atoms with E-state index in [0.29, 0.717) is 13.2 Å². The highest BCUT2D eigenvalue weighted by molar-refractivity contribution is 14.0. The van der Waals surface area contributed by atoms with E-state index >= 15 is 0 Å². The number of rotatable bonds is 5. The maximum atomic E-state index is 5.98. The molecule has 0 amide bonds. The molecule has 2 N–H and O–H groups in total. The molecule has 0 radical (unpaired) electrons. The molecular formula is C20H30IN5O2. The number of ether oxygens (including phenoxy) is 2. The molecule has 28 heavy (non-hydrogen) atoms. The van der Waals surface area contributed by atoms with E-state index in [2.05, 4.69) is 41.5 Å². The van der Waals surface area contributed by atoms with Crippen molar-refractivity contribution in [2.45, 2.75) is 39.3 Å². The highest BCUT2D eigenvalue weighted by atomic mass is 127. The molecule has 1 aliphatic rings. The van der Waals surface area contributed by atoms with Crippen LogP contribution in [0.1, 0.15) is 23.9 Å². The Hall–Kier alpha value is -1.97. The summed E-state index contributed by atoms with van der Waals surface area (Å²) in [5.41, 5.74) is 3.57. The van der Waals surface area contributed by atoms with E-state index in [0.717, 1.165) is 29.6 Å². The molecule has 2 unspecified atom stereocenters. The predicted molar refractivity (Wildman–Crippen MR) is 122 cm³/mol. The average Bonchev–Trinajstić information content (AvgIpc) is 2.91. The molecule has 0 saturated carbocycles. The number of halogens is 1.